The van der Waals surface area contributed by atoms with Gasteiger partial charge in [-0.25, -0.2) is 18.4 Å². The molecule has 29 heavy (non-hydrogen) atoms. The zero-order valence-electron chi connectivity index (χ0n) is 15.7. The molecule has 3 aromatic rings. The maximum atomic E-state index is 12.7. The summed E-state index contributed by atoms with van der Waals surface area (Å²) in [7, 11) is -2.45. The summed E-state index contributed by atoms with van der Waals surface area (Å²) in [4.78, 5) is 12.7. The molecule has 0 aliphatic carbocycles. The minimum absolute atomic E-state index is 0.0145. The number of sulfonamides is 1. The van der Waals surface area contributed by atoms with E-state index in [9.17, 15) is 13.2 Å². The second kappa shape index (κ2) is 7.33. The van der Waals surface area contributed by atoms with Crippen molar-refractivity contribution in [1.29, 1.82) is 0 Å². The van der Waals surface area contributed by atoms with E-state index in [1.54, 1.807) is 12.1 Å². The van der Waals surface area contributed by atoms with Crippen LogP contribution in [-0.2, 0) is 27.7 Å². The van der Waals surface area contributed by atoms with Gasteiger partial charge in [0.2, 0.25) is 10.0 Å². The van der Waals surface area contributed by atoms with Gasteiger partial charge in [-0.3, -0.25) is 0 Å². The van der Waals surface area contributed by atoms with Crippen molar-refractivity contribution in [2.75, 3.05) is 7.11 Å². The lowest BCUT2D eigenvalue weighted by molar-refractivity contribution is 0.0589. The second-order valence-electron chi connectivity index (χ2n) is 6.87. The van der Waals surface area contributed by atoms with Crippen molar-refractivity contribution in [3.63, 3.8) is 0 Å². The first kappa shape index (κ1) is 19.7. The number of halogens is 1. The molecule has 0 spiro atoms. The van der Waals surface area contributed by atoms with E-state index < -0.39 is 16.0 Å². The maximum Gasteiger partial charge on any atom is 0.355 e. The van der Waals surface area contributed by atoms with Gasteiger partial charge in [0.05, 0.1) is 12.0 Å². The number of hydrogen-bond acceptors (Lipinski definition) is 4. The van der Waals surface area contributed by atoms with Crippen molar-refractivity contribution in [3.8, 4) is 22.3 Å². The first-order valence-corrected chi connectivity index (χ1v) is 11.0. The van der Waals surface area contributed by atoms with Gasteiger partial charge in [-0.2, -0.15) is 0 Å². The number of benzene rings is 2. The molecule has 8 heteroatoms. The molecule has 0 saturated carbocycles. The average molecular weight is 431 g/mol. The number of methoxy groups -OCH3 is 1. The van der Waals surface area contributed by atoms with E-state index in [4.69, 9.17) is 21.5 Å². The third-order valence-electron chi connectivity index (χ3n) is 5.15. The lowest BCUT2D eigenvalue weighted by atomic mass is 9.94. The van der Waals surface area contributed by atoms with E-state index in [2.05, 4.69) is 0 Å². The van der Waals surface area contributed by atoms with Gasteiger partial charge in [-0.05, 0) is 48.2 Å². The fourth-order valence-electron chi connectivity index (χ4n) is 3.91. The van der Waals surface area contributed by atoms with Crippen molar-refractivity contribution >= 4 is 27.6 Å². The van der Waals surface area contributed by atoms with E-state index in [-0.39, 0.29) is 4.90 Å². The molecule has 6 nitrogen and oxygen atoms in total. The molecular weight excluding hydrogens is 412 g/mol. The molecule has 2 aromatic carbocycles. The van der Waals surface area contributed by atoms with Gasteiger partial charge in [0, 0.05) is 28.4 Å². The Hall–Kier alpha value is -2.61. The molecule has 0 atom stereocenters. The monoisotopic (exact) mass is 430 g/mol. The number of hydrogen-bond donors (Lipinski definition) is 1. The standard InChI is InChI=1S/C21H19ClN2O4S/c1-28-21(25)20-19(14-6-10-16(11-7-14)29(23,26)27)18(17-3-2-12-24(17)20)13-4-8-15(22)9-5-13/h4-11H,2-3,12H2,1H3,(H2,23,26,27). The number of nitrogens with two attached hydrogens (primary N) is 1. The van der Waals surface area contributed by atoms with Crippen LogP contribution in [0.15, 0.2) is 53.4 Å². The molecule has 2 heterocycles. The van der Waals surface area contributed by atoms with Crippen LogP contribution in [0.4, 0.5) is 0 Å². The number of carbonyl (C=O) groups excluding carboxylic acids is 1. The summed E-state index contributed by atoms with van der Waals surface area (Å²) in [5.41, 5.74) is 4.81. The lowest BCUT2D eigenvalue weighted by Gasteiger charge is -2.11. The number of nitrogens with zero attached hydrogens (tertiary/aromatic N) is 1. The molecular formula is C21H19ClN2O4S. The summed E-state index contributed by atoms with van der Waals surface area (Å²) >= 11 is 6.06. The molecule has 2 N–H and O–H groups in total. The Balaban J connectivity index is 2.01. The summed E-state index contributed by atoms with van der Waals surface area (Å²) in [5, 5.41) is 5.84. The van der Waals surface area contributed by atoms with Crippen LogP contribution < -0.4 is 5.14 Å². The highest BCUT2D eigenvalue weighted by Crippen LogP contribution is 2.43. The van der Waals surface area contributed by atoms with Crippen LogP contribution >= 0.6 is 11.6 Å². The fraction of sp³-hybridized carbons (Fsp3) is 0.190. The Morgan fingerprint density at radius 3 is 2.21 bits per heavy atom. The number of aromatic nitrogens is 1. The van der Waals surface area contributed by atoms with Gasteiger partial charge in [0.25, 0.3) is 0 Å². The molecule has 1 aliphatic heterocycles. The van der Waals surface area contributed by atoms with Crippen LogP contribution in [0, 0.1) is 0 Å². The summed E-state index contributed by atoms with van der Waals surface area (Å²) < 4.78 is 30.3. The second-order valence-corrected chi connectivity index (χ2v) is 8.87. The minimum Gasteiger partial charge on any atom is -0.464 e. The normalized spacial score (nSPS) is 13.3. The van der Waals surface area contributed by atoms with Gasteiger partial charge >= 0.3 is 5.97 Å². The Morgan fingerprint density at radius 1 is 1.03 bits per heavy atom. The third kappa shape index (κ3) is 3.46. The highest BCUT2D eigenvalue weighted by Gasteiger charge is 2.31. The molecule has 1 aliphatic rings. The van der Waals surface area contributed by atoms with Crippen molar-refractivity contribution < 1.29 is 17.9 Å². The highest BCUT2D eigenvalue weighted by molar-refractivity contribution is 7.89. The highest BCUT2D eigenvalue weighted by atomic mass is 35.5. The number of carbonyl (C=O) groups is 1. The van der Waals surface area contributed by atoms with Gasteiger partial charge in [0.15, 0.2) is 0 Å². The zero-order valence-corrected chi connectivity index (χ0v) is 17.3. The van der Waals surface area contributed by atoms with Gasteiger partial charge in [-0.1, -0.05) is 35.9 Å². The summed E-state index contributed by atoms with van der Waals surface area (Å²) in [6.45, 7) is 0.718. The third-order valence-corrected chi connectivity index (χ3v) is 6.33. The Kier molecular flexibility index (Phi) is 4.98. The molecule has 0 radical (unpaired) electrons. The molecule has 0 saturated heterocycles. The van der Waals surface area contributed by atoms with Crippen LogP contribution in [-0.4, -0.2) is 26.1 Å². The zero-order chi connectivity index (χ0) is 20.8. The minimum atomic E-state index is -3.81. The van der Waals surface area contributed by atoms with Crippen LogP contribution in [0.1, 0.15) is 22.6 Å². The van der Waals surface area contributed by atoms with Crippen LogP contribution in [0.25, 0.3) is 22.3 Å². The van der Waals surface area contributed by atoms with Crippen LogP contribution in [0.5, 0.6) is 0 Å². The van der Waals surface area contributed by atoms with Gasteiger partial charge in [0.1, 0.15) is 5.69 Å². The van der Waals surface area contributed by atoms with Crippen molar-refractivity contribution in [3.05, 3.63) is 64.9 Å². The number of esters is 1. The van der Waals surface area contributed by atoms with Crippen molar-refractivity contribution in [2.45, 2.75) is 24.3 Å². The largest absolute Gasteiger partial charge is 0.464 e. The van der Waals surface area contributed by atoms with Gasteiger partial charge < -0.3 is 9.30 Å². The predicted octanol–water partition coefficient (Wildman–Crippen LogP) is 3.86. The smallest absolute Gasteiger partial charge is 0.355 e. The lowest BCUT2D eigenvalue weighted by Crippen LogP contribution is -2.12. The molecule has 1 aromatic heterocycles. The predicted molar refractivity (Wildman–Crippen MR) is 111 cm³/mol. The fourth-order valence-corrected chi connectivity index (χ4v) is 4.55. The number of rotatable bonds is 4. The van der Waals surface area contributed by atoms with E-state index in [1.807, 2.05) is 28.8 Å². The first-order chi connectivity index (χ1) is 13.8. The molecule has 0 fully saturated rings. The molecule has 150 valence electrons. The summed E-state index contributed by atoms with van der Waals surface area (Å²) in [6.07, 6.45) is 1.77. The summed E-state index contributed by atoms with van der Waals surface area (Å²) in [6, 6.07) is 13.7. The molecule has 0 amide bonds. The van der Waals surface area contributed by atoms with Crippen LogP contribution in [0.3, 0.4) is 0 Å². The average Bonchev–Trinajstić information content (AvgIpc) is 3.28. The topological polar surface area (TPSA) is 91.4 Å². The van der Waals surface area contributed by atoms with E-state index in [1.165, 1.54) is 19.2 Å². The molecule has 4 rings (SSSR count). The number of primary sulfonamides is 1. The Morgan fingerprint density at radius 2 is 1.62 bits per heavy atom. The SMILES string of the molecule is COC(=O)c1c(-c2ccc(S(N)(=O)=O)cc2)c(-c2ccc(Cl)cc2)c2n1CCC2. The van der Waals surface area contributed by atoms with E-state index in [0.29, 0.717) is 16.3 Å². The van der Waals surface area contributed by atoms with E-state index >= 15 is 0 Å². The first-order valence-electron chi connectivity index (χ1n) is 9.04. The number of fused-ring (bicyclic) bond motifs is 1. The van der Waals surface area contributed by atoms with Crippen molar-refractivity contribution in [1.82, 2.24) is 4.57 Å². The molecule has 0 bridgehead atoms. The number of ether oxygens (including phenoxy) is 1. The maximum absolute atomic E-state index is 12.7. The Bertz CT molecular complexity index is 1200. The van der Waals surface area contributed by atoms with Crippen molar-refractivity contribution in [2.24, 2.45) is 5.14 Å². The molecule has 0 unspecified atom stereocenters. The quantitative estimate of drug-likeness (QED) is 0.636. The Labute approximate surface area is 173 Å². The van der Waals surface area contributed by atoms with Gasteiger partial charge in [-0.15, -0.1) is 0 Å². The van der Waals surface area contributed by atoms with E-state index in [0.717, 1.165) is 41.8 Å². The summed E-state index contributed by atoms with van der Waals surface area (Å²) in [5.74, 6) is -0.432. The van der Waals surface area contributed by atoms with Crippen LogP contribution in [0.2, 0.25) is 5.02 Å².